The molecule has 0 aliphatic heterocycles. The minimum Gasteiger partial charge on any atom is -0.497 e. The third-order valence-electron chi connectivity index (χ3n) is 3.93. The number of halogens is 1. The predicted octanol–water partition coefficient (Wildman–Crippen LogP) is 5.58. The molecule has 3 aromatic rings. The zero-order valence-electron chi connectivity index (χ0n) is 14.8. The van der Waals surface area contributed by atoms with E-state index >= 15 is 0 Å². The monoisotopic (exact) mass is 379 g/mol. The summed E-state index contributed by atoms with van der Waals surface area (Å²) in [6.45, 7) is 0.245. The number of ether oxygens (including phenoxy) is 2. The molecule has 3 nitrogen and oxygen atoms in total. The highest BCUT2D eigenvalue weighted by molar-refractivity contribution is 7.98. The van der Waals surface area contributed by atoms with E-state index in [0.717, 1.165) is 21.8 Å². The lowest BCUT2D eigenvalue weighted by molar-refractivity contribution is 0.289. The first-order valence-corrected chi connectivity index (χ1v) is 9.34. The molecule has 3 aromatic carbocycles. The van der Waals surface area contributed by atoms with Crippen LogP contribution in [0.5, 0.6) is 11.5 Å². The molecule has 0 aromatic heterocycles. The molecule has 0 aliphatic rings. The van der Waals surface area contributed by atoms with E-state index in [4.69, 9.17) is 9.47 Å². The summed E-state index contributed by atoms with van der Waals surface area (Å²) in [4.78, 5) is 0.784. The van der Waals surface area contributed by atoms with Crippen LogP contribution >= 0.6 is 11.8 Å². The summed E-state index contributed by atoms with van der Waals surface area (Å²) in [6.07, 6.45) is 0. The fourth-order valence-electron chi connectivity index (χ4n) is 2.47. The van der Waals surface area contributed by atoms with Crippen LogP contribution in [-0.2, 0) is 12.4 Å². The molecule has 0 aliphatic carbocycles. The lowest BCUT2D eigenvalue weighted by Crippen LogP contribution is -1.99. The largest absolute Gasteiger partial charge is 0.497 e. The van der Waals surface area contributed by atoms with E-state index in [1.54, 1.807) is 19.2 Å². The average molecular weight is 379 g/mol. The molecule has 0 spiro atoms. The predicted molar refractivity (Wildman–Crippen MR) is 104 cm³/mol. The van der Waals surface area contributed by atoms with E-state index in [1.807, 2.05) is 60.7 Å². The van der Waals surface area contributed by atoms with E-state index in [2.05, 4.69) is 0 Å². The highest BCUT2D eigenvalue weighted by Gasteiger charge is 2.13. The summed E-state index contributed by atoms with van der Waals surface area (Å²) in [6, 6.07) is 22.4. The molecule has 0 amide bonds. The van der Waals surface area contributed by atoms with Crippen molar-refractivity contribution in [2.75, 3.05) is 7.11 Å². The van der Waals surface area contributed by atoms with Crippen molar-refractivity contribution in [3.05, 3.63) is 89.2 Å². The highest BCUT2D eigenvalue weighted by atomic mass is 32.2. The van der Waals surface area contributed by atoms with Crippen LogP contribution in [0.3, 0.4) is 0 Å². The number of methoxy groups -OCH3 is 1. The van der Waals surface area contributed by atoms with Crippen molar-refractivity contribution in [3.8, 4) is 17.6 Å². The molecule has 0 bridgehead atoms. The maximum atomic E-state index is 14.4. The summed E-state index contributed by atoms with van der Waals surface area (Å²) >= 11 is 1.52. The Labute approximate surface area is 162 Å². The van der Waals surface area contributed by atoms with Gasteiger partial charge in [-0.1, -0.05) is 42.5 Å². The topological polar surface area (TPSA) is 42.2 Å². The van der Waals surface area contributed by atoms with Gasteiger partial charge in [0, 0.05) is 10.6 Å². The molecule has 0 radical (unpaired) electrons. The molecule has 0 saturated carbocycles. The van der Waals surface area contributed by atoms with Crippen LogP contribution in [0.4, 0.5) is 4.39 Å². The Morgan fingerprint density at radius 2 is 1.74 bits per heavy atom. The second-order valence-corrected chi connectivity index (χ2v) is 6.85. The Morgan fingerprint density at radius 3 is 2.41 bits per heavy atom. The van der Waals surface area contributed by atoms with Gasteiger partial charge in [-0.3, -0.25) is 0 Å². The van der Waals surface area contributed by atoms with Gasteiger partial charge in [0.1, 0.15) is 18.4 Å². The van der Waals surface area contributed by atoms with Crippen LogP contribution in [0.2, 0.25) is 0 Å². The van der Waals surface area contributed by atoms with Crippen LogP contribution in [0.1, 0.15) is 16.7 Å². The SMILES string of the molecule is COc1ccc(CSc2cc(C#N)c(F)c(OCc3ccccc3)c2)cc1. The molecule has 0 heterocycles. The highest BCUT2D eigenvalue weighted by Crippen LogP contribution is 2.31. The van der Waals surface area contributed by atoms with E-state index in [1.165, 1.54) is 11.8 Å². The standard InChI is InChI=1S/C22H18FNO2S/c1-25-19-9-7-17(8-10-19)15-27-20-11-18(13-24)22(23)21(12-20)26-14-16-5-3-2-4-6-16/h2-12H,14-15H2,1H3. The molecule has 0 unspecified atom stereocenters. The summed E-state index contributed by atoms with van der Waals surface area (Å²) in [5.41, 5.74) is 2.03. The number of hydrogen-bond donors (Lipinski definition) is 0. The zero-order chi connectivity index (χ0) is 19.1. The number of thioether (sulfide) groups is 1. The smallest absolute Gasteiger partial charge is 0.182 e. The van der Waals surface area contributed by atoms with Gasteiger partial charge in [0.05, 0.1) is 12.7 Å². The van der Waals surface area contributed by atoms with Gasteiger partial charge in [0.15, 0.2) is 11.6 Å². The van der Waals surface area contributed by atoms with E-state index < -0.39 is 5.82 Å². The van der Waals surface area contributed by atoms with Crippen LogP contribution in [-0.4, -0.2) is 7.11 Å². The van der Waals surface area contributed by atoms with Crippen LogP contribution < -0.4 is 9.47 Å². The molecule has 0 N–H and O–H groups in total. The maximum Gasteiger partial charge on any atom is 0.182 e. The van der Waals surface area contributed by atoms with Gasteiger partial charge in [-0.05, 0) is 35.4 Å². The van der Waals surface area contributed by atoms with E-state index in [0.29, 0.717) is 5.75 Å². The maximum absolute atomic E-state index is 14.4. The van der Waals surface area contributed by atoms with Gasteiger partial charge in [0.25, 0.3) is 0 Å². The minimum atomic E-state index is -0.623. The first-order chi connectivity index (χ1) is 13.2. The first-order valence-electron chi connectivity index (χ1n) is 8.35. The third-order valence-corrected chi connectivity index (χ3v) is 4.98. The van der Waals surface area contributed by atoms with Gasteiger partial charge in [-0.25, -0.2) is 4.39 Å². The molecular formula is C22H18FNO2S. The second-order valence-electron chi connectivity index (χ2n) is 5.81. The number of benzene rings is 3. The number of nitriles is 1. The molecular weight excluding hydrogens is 361 g/mol. The molecule has 0 atom stereocenters. The number of rotatable bonds is 7. The summed E-state index contributed by atoms with van der Waals surface area (Å²) < 4.78 is 25.2. The van der Waals surface area contributed by atoms with Crippen molar-refractivity contribution in [1.29, 1.82) is 5.26 Å². The summed E-state index contributed by atoms with van der Waals surface area (Å²) in [5.74, 6) is 0.963. The lowest BCUT2D eigenvalue weighted by Gasteiger charge is -2.11. The van der Waals surface area contributed by atoms with Gasteiger partial charge in [0.2, 0.25) is 0 Å². The normalized spacial score (nSPS) is 10.3. The summed E-state index contributed by atoms with van der Waals surface area (Å²) in [5, 5.41) is 9.23. The van der Waals surface area contributed by atoms with Crippen molar-refractivity contribution < 1.29 is 13.9 Å². The van der Waals surface area contributed by atoms with Crippen molar-refractivity contribution in [2.24, 2.45) is 0 Å². The van der Waals surface area contributed by atoms with Crippen LogP contribution in [0, 0.1) is 17.1 Å². The third kappa shape index (κ3) is 5.02. The van der Waals surface area contributed by atoms with E-state index in [-0.39, 0.29) is 17.9 Å². The quantitative estimate of drug-likeness (QED) is 0.503. The fraction of sp³-hybridized carbons (Fsp3) is 0.136. The Kier molecular flexibility index (Phi) is 6.35. The van der Waals surface area contributed by atoms with Gasteiger partial charge >= 0.3 is 0 Å². The minimum absolute atomic E-state index is 0.0159. The Bertz CT molecular complexity index is 937. The zero-order valence-corrected chi connectivity index (χ0v) is 15.6. The van der Waals surface area contributed by atoms with Gasteiger partial charge in [-0.2, -0.15) is 5.26 Å². The Morgan fingerprint density at radius 1 is 1.00 bits per heavy atom. The van der Waals surface area contributed by atoms with Crippen LogP contribution in [0.25, 0.3) is 0 Å². The Balaban J connectivity index is 1.73. The number of hydrogen-bond acceptors (Lipinski definition) is 4. The lowest BCUT2D eigenvalue weighted by atomic mass is 10.2. The fourth-order valence-corrected chi connectivity index (χ4v) is 3.38. The first kappa shape index (κ1) is 18.8. The summed E-state index contributed by atoms with van der Waals surface area (Å²) in [7, 11) is 1.63. The van der Waals surface area contributed by atoms with Gasteiger partial charge < -0.3 is 9.47 Å². The van der Waals surface area contributed by atoms with E-state index in [9.17, 15) is 9.65 Å². The molecule has 0 saturated heterocycles. The van der Waals surface area contributed by atoms with Crippen LogP contribution in [0.15, 0.2) is 71.6 Å². The molecule has 0 fully saturated rings. The molecule has 136 valence electrons. The number of nitrogens with zero attached hydrogens (tertiary/aromatic N) is 1. The van der Waals surface area contributed by atoms with Crippen molar-refractivity contribution >= 4 is 11.8 Å². The van der Waals surface area contributed by atoms with Crippen molar-refractivity contribution in [1.82, 2.24) is 0 Å². The van der Waals surface area contributed by atoms with Crippen molar-refractivity contribution in [2.45, 2.75) is 17.3 Å². The van der Waals surface area contributed by atoms with Gasteiger partial charge in [-0.15, -0.1) is 11.8 Å². The Hall–Kier alpha value is -2.97. The molecule has 27 heavy (non-hydrogen) atoms. The second kappa shape index (κ2) is 9.11. The molecule has 5 heteroatoms. The van der Waals surface area contributed by atoms with Crippen molar-refractivity contribution in [3.63, 3.8) is 0 Å². The molecule has 3 rings (SSSR count). The average Bonchev–Trinajstić information content (AvgIpc) is 2.73.